The van der Waals surface area contributed by atoms with Gasteiger partial charge in [-0.1, -0.05) is 30.6 Å². The van der Waals surface area contributed by atoms with E-state index in [9.17, 15) is 5.11 Å². The van der Waals surface area contributed by atoms with Gasteiger partial charge in [-0.25, -0.2) is 0 Å². The van der Waals surface area contributed by atoms with Gasteiger partial charge in [0.15, 0.2) is 0 Å². The van der Waals surface area contributed by atoms with Gasteiger partial charge in [0, 0.05) is 6.54 Å². The average Bonchev–Trinajstić information content (AvgIpc) is 2.88. The number of aliphatic hydroxyl groups is 1. The molecular weight excluding hydrogens is 328 g/mol. The number of ether oxygens (including phenoxy) is 1. The van der Waals surface area contributed by atoms with E-state index in [4.69, 9.17) is 9.57 Å². The molecular formula is C21H32N2O3. The molecule has 0 spiro atoms. The van der Waals surface area contributed by atoms with Gasteiger partial charge in [-0.15, -0.1) is 0 Å². The fourth-order valence-electron chi connectivity index (χ4n) is 2.96. The minimum atomic E-state index is -0.536. The Labute approximate surface area is 157 Å². The quantitative estimate of drug-likeness (QED) is 0.400. The number of aliphatic hydroxyl groups excluding tert-OH is 1. The van der Waals surface area contributed by atoms with Crippen molar-refractivity contribution in [1.82, 2.24) is 5.32 Å². The Hall–Kier alpha value is -1.85. The fourth-order valence-corrected chi connectivity index (χ4v) is 2.96. The first kappa shape index (κ1) is 20.5. The van der Waals surface area contributed by atoms with Crippen molar-refractivity contribution < 1.29 is 14.7 Å². The van der Waals surface area contributed by atoms with E-state index >= 15 is 0 Å². The Bertz CT molecular complexity index is 581. The van der Waals surface area contributed by atoms with Crippen LogP contribution in [0, 0.1) is 0 Å². The highest BCUT2D eigenvalue weighted by Crippen LogP contribution is 2.24. The number of hydrogen-bond donors (Lipinski definition) is 2. The Morgan fingerprint density at radius 3 is 2.69 bits per heavy atom. The molecule has 0 aromatic heterocycles. The molecule has 0 radical (unpaired) electrons. The lowest BCUT2D eigenvalue weighted by atomic mass is 10.0. The number of oxime groups is 1. The zero-order valence-corrected chi connectivity index (χ0v) is 16.0. The van der Waals surface area contributed by atoms with Gasteiger partial charge >= 0.3 is 0 Å². The summed E-state index contributed by atoms with van der Waals surface area (Å²) in [5.41, 5.74) is 3.37. The van der Waals surface area contributed by atoms with Gasteiger partial charge in [0.25, 0.3) is 0 Å². The van der Waals surface area contributed by atoms with Crippen LogP contribution < -0.4 is 10.1 Å². The van der Waals surface area contributed by atoms with E-state index in [0.29, 0.717) is 6.54 Å². The van der Waals surface area contributed by atoms with Crippen molar-refractivity contribution in [3.63, 3.8) is 0 Å². The van der Waals surface area contributed by atoms with Crippen LogP contribution >= 0.6 is 0 Å². The number of hydrogen-bond acceptors (Lipinski definition) is 5. The summed E-state index contributed by atoms with van der Waals surface area (Å²) >= 11 is 0. The third kappa shape index (κ3) is 7.18. The second-order valence-electron chi connectivity index (χ2n) is 6.70. The maximum absolute atomic E-state index is 9.93. The van der Waals surface area contributed by atoms with Gasteiger partial charge in [0.05, 0.1) is 12.8 Å². The summed E-state index contributed by atoms with van der Waals surface area (Å²) in [6.45, 7) is 3.76. The first-order chi connectivity index (χ1) is 12.7. The minimum absolute atomic E-state index is 0.218. The maximum atomic E-state index is 9.93. The van der Waals surface area contributed by atoms with E-state index in [-0.39, 0.29) is 6.61 Å². The molecule has 26 heavy (non-hydrogen) atoms. The lowest BCUT2D eigenvalue weighted by Gasteiger charge is -2.12. The fraction of sp³-hybridized carbons (Fsp3) is 0.571. The van der Waals surface area contributed by atoms with Crippen LogP contribution in [0.3, 0.4) is 0 Å². The number of nitrogens with one attached hydrogen (secondary N) is 1. The molecule has 5 heteroatoms. The summed E-state index contributed by atoms with van der Waals surface area (Å²) in [4.78, 5) is 5.46. The second-order valence-corrected chi connectivity index (χ2v) is 6.70. The summed E-state index contributed by atoms with van der Waals surface area (Å²) in [5, 5.41) is 17.5. The van der Waals surface area contributed by atoms with Gasteiger partial charge in [0.1, 0.15) is 18.5 Å². The number of methoxy groups -OCH3 is 1. The van der Waals surface area contributed by atoms with Crippen molar-refractivity contribution in [3.8, 4) is 5.75 Å². The van der Waals surface area contributed by atoms with Gasteiger partial charge in [-0.05, 0) is 68.0 Å². The molecule has 144 valence electrons. The Morgan fingerprint density at radius 2 is 1.96 bits per heavy atom. The Morgan fingerprint density at radius 1 is 1.19 bits per heavy atom. The summed E-state index contributed by atoms with van der Waals surface area (Å²) in [7, 11) is 1.67. The molecule has 1 aromatic rings. The highest BCUT2D eigenvalue weighted by Gasteiger charge is 2.13. The van der Waals surface area contributed by atoms with Crippen LogP contribution in [0.4, 0.5) is 0 Å². The third-order valence-electron chi connectivity index (χ3n) is 4.44. The van der Waals surface area contributed by atoms with Gasteiger partial charge in [-0.3, -0.25) is 0 Å². The van der Waals surface area contributed by atoms with E-state index in [1.54, 1.807) is 7.11 Å². The van der Waals surface area contributed by atoms with Crippen LogP contribution in [0.25, 0.3) is 6.08 Å². The van der Waals surface area contributed by atoms with E-state index in [1.807, 2.05) is 12.1 Å². The van der Waals surface area contributed by atoms with Crippen LogP contribution in [0.1, 0.15) is 51.0 Å². The van der Waals surface area contributed by atoms with Crippen LogP contribution in [0.5, 0.6) is 5.75 Å². The predicted octanol–water partition coefficient (Wildman–Crippen LogP) is 3.78. The molecule has 1 atom stereocenters. The summed E-state index contributed by atoms with van der Waals surface area (Å²) in [6.07, 6.45) is 8.14. The van der Waals surface area contributed by atoms with Crippen molar-refractivity contribution in [2.75, 3.05) is 26.8 Å². The van der Waals surface area contributed by atoms with Crippen molar-refractivity contribution in [3.05, 3.63) is 35.4 Å². The highest BCUT2D eigenvalue weighted by atomic mass is 16.6. The SMILES string of the molecule is CCCNC[C@H](O)CO/N=C1\CCCCC\C1=C/c1ccc(OC)cc1. The molecule has 1 aromatic carbocycles. The molecule has 0 amide bonds. The standard InChI is InChI=1S/C21H32N2O3/c1-3-13-22-15-19(24)16-26-23-21-8-6-4-5-7-18(21)14-17-9-11-20(25-2)12-10-17/h9-12,14,19,22,24H,3-8,13,15-16H2,1-2H3/b18-14+,23-21+/t19-/m0/s1. The molecule has 0 bridgehead atoms. The van der Waals surface area contributed by atoms with Crippen LogP contribution in [0.15, 0.2) is 35.0 Å². The number of rotatable bonds is 9. The normalized spacial score (nSPS) is 19.3. The van der Waals surface area contributed by atoms with Gasteiger partial charge in [-0.2, -0.15) is 0 Å². The lowest BCUT2D eigenvalue weighted by molar-refractivity contribution is 0.0402. The molecule has 0 heterocycles. The zero-order chi connectivity index (χ0) is 18.6. The monoisotopic (exact) mass is 360 g/mol. The Kier molecular flexibility index (Phi) is 9.21. The van der Waals surface area contributed by atoms with Crippen molar-refractivity contribution in [2.24, 2.45) is 5.16 Å². The van der Waals surface area contributed by atoms with Crippen LogP contribution in [0.2, 0.25) is 0 Å². The molecule has 1 aliphatic carbocycles. The van der Waals surface area contributed by atoms with E-state index in [2.05, 4.69) is 35.6 Å². The minimum Gasteiger partial charge on any atom is -0.497 e. The molecule has 2 rings (SSSR count). The number of nitrogens with zero attached hydrogens (tertiary/aromatic N) is 1. The highest BCUT2D eigenvalue weighted by molar-refractivity contribution is 6.03. The van der Waals surface area contributed by atoms with Crippen molar-refractivity contribution in [1.29, 1.82) is 0 Å². The largest absolute Gasteiger partial charge is 0.497 e. The molecule has 1 fully saturated rings. The molecule has 0 aliphatic heterocycles. The average molecular weight is 360 g/mol. The van der Waals surface area contributed by atoms with Gasteiger partial charge < -0.3 is 20.0 Å². The van der Waals surface area contributed by atoms with E-state index < -0.39 is 6.10 Å². The van der Waals surface area contributed by atoms with Crippen molar-refractivity contribution in [2.45, 2.75) is 51.6 Å². The van der Waals surface area contributed by atoms with Crippen molar-refractivity contribution >= 4 is 11.8 Å². The molecule has 5 nitrogen and oxygen atoms in total. The zero-order valence-electron chi connectivity index (χ0n) is 16.0. The molecule has 1 aliphatic rings. The molecule has 0 saturated heterocycles. The third-order valence-corrected chi connectivity index (χ3v) is 4.44. The summed E-state index contributed by atoms with van der Waals surface area (Å²) in [6, 6.07) is 8.04. The molecule has 0 unspecified atom stereocenters. The summed E-state index contributed by atoms with van der Waals surface area (Å²) in [5.74, 6) is 0.857. The first-order valence-electron chi connectivity index (χ1n) is 9.65. The number of allylic oxidation sites excluding steroid dienone is 1. The van der Waals surface area contributed by atoms with Crippen LogP contribution in [-0.4, -0.2) is 43.7 Å². The second kappa shape index (κ2) is 11.7. The Balaban J connectivity index is 1.99. The van der Waals surface area contributed by atoms with Crippen LogP contribution in [-0.2, 0) is 4.84 Å². The summed E-state index contributed by atoms with van der Waals surface area (Å²) < 4.78 is 5.22. The molecule has 1 saturated carbocycles. The maximum Gasteiger partial charge on any atom is 0.144 e. The molecule has 2 N–H and O–H groups in total. The smallest absolute Gasteiger partial charge is 0.144 e. The van der Waals surface area contributed by atoms with Gasteiger partial charge in [0.2, 0.25) is 0 Å². The van der Waals surface area contributed by atoms with E-state index in [1.165, 1.54) is 18.4 Å². The topological polar surface area (TPSA) is 63.1 Å². The lowest BCUT2D eigenvalue weighted by Crippen LogP contribution is -2.30. The van der Waals surface area contributed by atoms with E-state index in [0.717, 1.165) is 49.3 Å². The number of benzene rings is 1. The predicted molar refractivity (Wildman–Crippen MR) is 107 cm³/mol. The first-order valence-corrected chi connectivity index (χ1v) is 9.65.